The van der Waals surface area contributed by atoms with E-state index in [9.17, 15) is 4.79 Å². The number of fused-ring (bicyclic) bond motifs is 1. The van der Waals surface area contributed by atoms with Gasteiger partial charge in [-0.15, -0.1) is 0 Å². The van der Waals surface area contributed by atoms with E-state index in [1.54, 1.807) is 25.3 Å². The lowest BCUT2D eigenvalue weighted by Gasteiger charge is -2.28. The van der Waals surface area contributed by atoms with Crippen LogP contribution in [0.2, 0.25) is 0 Å². The van der Waals surface area contributed by atoms with Crippen LogP contribution in [0.1, 0.15) is 5.56 Å². The Hall–Kier alpha value is -3.81. The molecule has 1 aliphatic heterocycles. The third kappa shape index (κ3) is 3.52. The number of carbonyl (C=O) groups excluding carboxylic acids is 1. The third-order valence-electron chi connectivity index (χ3n) is 4.39. The fourth-order valence-corrected chi connectivity index (χ4v) is 2.88. The Balaban J connectivity index is 1.52. The molecule has 0 bridgehead atoms. The number of rotatable bonds is 5. The van der Waals surface area contributed by atoms with Crippen LogP contribution >= 0.6 is 0 Å². The lowest BCUT2D eigenvalue weighted by molar-refractivity contribution is 0.256. The van der Waals surface area contributed by atoms with Gasteiger partial charge < -0.3 is 14.8 Å². The highest BCUT2D eigenvalue weighted by Gasteiger charge is 2.25. The first-order chi connectivity index (χ1) is 13.7. The molecule has 28 heavy (non-hydrogen) atoms. The van der Waals surface area contributed by atoms with Gasteiger partial charge in [-0.3, -0.25) is 10.2 Å². The molecule has 2 amide bonds. The average Bonchev–Trinajstić information content (AvgIpc) is 2.74. The number of hydrogen-bond donors (Lipinski definition) is 2. The molecule has 0 aliphatic carbocycles. The van der Waals surface area contributed by atoms with E-state index in [-0.39, 0.29) is 6.03 Å². The molecule has 8 nitrogen and oxygen atoms in total. The summed E-state index contributed by atoms with van der Waals surface area (Å²) in [6, 6.07) is 14.5. The Morgan fingerprint density at radius 1 is 1.00 bits per heavy atom. The van der Waals surface area contributed by atoms with E-state index in [2.05, 4.69) is 20.6 Å². The number of methoxy groups -OCH3 is 2. The summed E-state index contributed by atoms with van der Waals surface area (Å²) in [4.78, 5) is 23.0. The number of benzene rings is 2. The number of hydrogen-bond acceptors (Lipinski definition) is 6. The smallest absolute Gasteiger partial charge is 0.327 e. The Morgan fingerprint density at radius 2 is 1.64 bits per heavy atom. The average molecular weight is 377 g/mol. The summed E-state index contributed by atoms with van der Waals surface area (Å²) < 4.78 is 10.3. The van der Waals surface area contributed by atoms with E-state index in [1.807, 2.05) is 48.5 Å². The van der Waals surface area contributed by atoms with Crippen molar-refractivity contribution in [1.29, 1.82) is 0 Å². The molecular weight excluding hydrogens is 358 g/mol. The summed E-state index contributed by atoms with van der Waals surface area (Å²) in [6.45, 7) is 0.385. The van der Waals surface area contributed by atoms with Gasteiger partial charge >= 0.3 is 6.03 Å². The van der Waals surface area contributed by atoms with Crippen LogP contribution in [0.4, 0.5) is 27.9 Å². The molecule has 0 unspecified atom stereocenters. The first kappa shape index (κ1) is 17.6. The SMILES string of the molecule is COc1ccc(Nc2ncc3c(n2)NC(=O)N(c2ccc(OC)cc2)C3)cc1. The van der Waals surface area contributed by atoms with Gasteiger partial charge in [0, 0.05) is 23.1 Å². The van der Waals surface area contributed by atoms with Crippen LogP contribution in [0, 0.1) is 0 Å². The molecule has 8 heteroatoms. The van der Waals surface area contributed by atoms with Crippen molar-refractivity contribution in [1.82, 2.24) is 9.97 Å². The predicted molar refractivity (Wildman–Crippen MR) is 107 cm³/mol. The number of nitrogens with zero attached hydrogens (tertiary/aromatic N) is 3. The van der Waals surface area contributed by atoms with Crippen LogP contribution < -0.4 is 25.0 Å². The highest BCUT2D eigenvalue weighted by atomic mass is 16.5. The molecular formula is C20H19N5O3. The molecule has 0 saturated heterocycles. The minimum absolute atomic E-state index is 0.244. The van der Waals surface area contributed by atoms with Crippen LogP contribution in [0.15, 0.2) is 54.7 Å². The molecule has 2 N–H and O–H groups in total. The fraction of sp³-hybridized carbons (Fsp3) is 0.150. The van der Waals surface area contributed by atoms with E-state index in [1.165, 1.54) is 0 Å². The largest absolute Gasteiger partial charge is 0.497 e. The minimum atomic E-state index is -0.244. The first-order valence-electron chi connectivity index (χ1n) is 8.66. The fourth-order valence-electron chi connectivity index (χ4n) is 2.88. The number of aromatic nitrogens is 2. The number of urea groups is 1. The van der Waals surface area contributed by atoms with Crippen LogP contribution in [0.5, 0.6) is 11.5 Å². The first-order valence-corrected chi connectivity index (χ1v) is 8.66. The van der Waals surface area contributed by atoms with Crippen LogP contribution in [-0.2, 0) is 6.54 Å². The molecule has 1 aromatic heterocycles. The maximum atomic E-state index is 12.5. The molecule has 0 atom stereocenters. The zero-order valence-electron chi connectivity index (χ0n) is 15.5. The second-order valence-corrected chi connectivity index (χ2v) is 6.14. The van der Waals surface area contributed by atoms with Crippen molar-refractivity contribution in [3.05, 3.63) is 60.3 Å². The Bertz CT molecular complexity index is 990. The van der Waals surface area contributed by atoms with Crippen molar-refractivity contribution < 1.29 is 14.3 Å². The summed E-state index contributed by atoms with van der Waals surface area (Å²) in [7, 11) is 3.22. The third-order valence-corrected chi connectivity index (χ3v) is 4.39. The summed E-state index contributed by atoms with van der Waals surface area (Å²) in [5.41, 5.74) is 2.42. The molecule has 2 heterocycles. The highest BCUT2D eigenvalue weighted by molar-refractivity contribution is 6.03. The standard InChI is InChI=1S/C20H19N5O3/c1-27-16-7-3-14(4-8-16)22-19-21-11-13-12-25(20(26)24-18(13)23-19)15-5-9-17(28-2)10-6-15/h3-11H,12H2,1-2H3,(H2,21,22,23,24,26). The Labute approximate surface area is 162 Å². The van der Waals surface area contributed by atoms with Gasteiger partial charge in [-0.2, -0.15) is 4.98 Å². The van der Waals surface area contributed by atoms with E-state index in [4.69, 9.17) is 9.47 Å². The second kappa shape index (κ2) is 7.43. The van der Waals surface area contributed by atoms with Crippen molar-refractivity contribution in [2.24, 2.45) is 0 Å². The van der Waals surface area contributed by atoms with Crippen LogP contribution in [0.3, 0.4) is 0 Å². The zero-order valence-corrected chi connectivity index (χ0v) is 15.5. The van der Waals surface area contributed by atoms with Gasteiger partial charge in [-0.05, 0) is 48.5 Å². The minimum Gasteiger partial charge on any atom is -0.497 e. The maximum Gasteiger partial charge on any atom is 0.327 e. The second-order valence-electron chi connectivity index (χ2n) is 6.14. The number of ether oxygens (including phenoxy) is 2. The van der Waals surface area contributed by atoms with Gasteiger partial charge in [0.15, 0.2) is 0 Å². The van der Waals surface area contributed by atoms with Crippen molar-refractivity contribution in [2.75, 3.05) is 29.8 Å². The van der Waals surface area contributed by atoms with Gasteiger partial charge in [0.1, 0.15) is 17.3 Å². The molecule has 4 rings (SSSR count). The molecule has 0 saturated carbocycles. The molecule has 0 radical (unpaired) electrons. The van der Waals surface area contributed by atoms with Gasteiger partial charge in [0.05, 0.1) is 20.8 Å². The van der Waals surface area contributed by atoms with E-state index in [0.29, 0.717) is 18.3 Å². The molecule has 142 valence electrons. The van der Waals surface area contributed by atoms with Crippen molar-refractivity contribution in [2.45, 2.75) is 6.54 Å². The predicted octanol–water partition coefficient (Wildman–Crippen LogP) is 3.79. The lowest BCUT2D eigenvalue weighted by atomic mass is 10.2. The molecule has 2 aromatic carbocycles. The monoisotopic (exact) mass is 377 g/mol. The Morgan fingerprint density at radius 3 is 2.29 bits per heavy atom. The van der Waals surface area contributed by atoms with E-state index in [0.717, 1.165) is 28.4 Å². The van der Waals surface area contributed by atoms with E-state index < -0.39 is 0 Å². The number of amides is 2. The van der Waals surface area contributed by atoms with Gasteiger partial charge in [0.2, 0.25) is 5.95 Å². The quantitative estimate of drug-likeness (QED) is 0.703. The lowest BCUT2D eigenvalue weighted by Crippen LogP contribution is -2.39. The normalized spacial score (nSPS) is 12.8. The zero-order chi connectivity index (χ0) is 19.5. The highest BCUT2D eigenvalue weighted by Crippen LogP contribution is 2.28. The summed E-state index contributed by atoms with van der Waals surface area (Å²) >= 11 is 0. The summed E-state index contributed by atoms with van der Waals surface area (Å²) in [5, 5.41) is 5.95. The van der Waals surface area contributed by atoms with E-state index >= 15 is 0 Å². The van der Waals surface area contributed by atoms with Gasteiger partial charge in [-0.25, -0.2) is 9.78 Å². The van der Waals surface area contributed by atoms with Gasteiger partial charge in [-0.1, -0.05) is 0 Å². The van der Waals surface area contributed by atoms with Crippen LogP contribution in [-0.4, -0.2) is 30.2 Å². The molecule has 0 spiro atoms. The van der Waals surface area contributed by atoms with Crippen LogP contribution in [0.25, 0.3) is 0 Å². The molecule has 3 aromatic rings. The molecule has 1 aliphatic rings. The maximum absolute atomic E-state index is 12.5. The number of anilines is 4. The summed E-state index contributed by atoms with van der Waals surface area (Å²) in [6.07, 6.45) is 1.71. The Kier molecular flexibility index (Phi) is 4.67. The topological polar surface area (TPSA) is 88.6 Å². The van der Waals surface area contributed by atoms with Gasteiger partial charge in [0.25, 0.3) is 0 Å². The number of carbonyl (C=O) groups is 1. The van der Waals surface area contributed by atoms with Crippen molar-refractivity contribution in [3.63, 3.8) is 0 Å². The number of nitrogens with one attached hydrogen (secondary N) is 2. The van der Waals surface area contributed by atoms with Crippen molar-refractivity contribution >= 4 is 29.2 Å². The van der Waals surface area contributed by atoms with Crippen molar-refractivity contribution in [3.8, 4) is 11.5 Å². The molecule has 0 fully saturated rings. The summed E-state index contributed by atoms with van der Waals surface area (Å²) in [5.74, 6) is 2.41.